The van der Waals surface area contributed by atoms with Gasteiger partial charge >= 0.3 is 11.7 Å². The Hall–Kier alpha value is -4.00. The molecule has 0 saturated heterocycles. The number of benzene rings is 2. The molecule has 1 aliphatic rings. The monoisotopic (exact) mass is 439 g/mol. The van der Waals surface area contributed by atoms with Crippen LogP contribution in [0, 0.1) is 5.41 Å². The Balaban J connectivity index is 1.50. The second kappa shape index (κ2) is 8.86. The van der Waals surface area contributed by atoms with Gasteiger partial charge in [-0.15, -0.1) is 0 Å². The minimum atomic E-state index is -0.330. The summed E-state index contributed by atoms with van der Waals surface area (Å²) in [5.74, 6) is 1.00. The predicted molar refractivity (Wildman–Crippen MR) is 129 cm³/mol. The van der Waals surface area contributed by atoms with Crippen LogP contribution in [0.4, 0.5) is 5.82 Å². The standard InChI is InChI=1S/C26H26N6O/c27-24(28)13-7-6-12-21-25-31-22(14-17-8-2-1-3-9-17)26(33)32(25)16-23(30-21)19-15-29-20-11-5-4-10-18(19)20/h1-5,8-11,15-16,22,29H,6-7,12-14H2,(H3,27,28)/p+1. The summed E-state index contributed by atoms with van der Waals surface area (Å²) in [7, 11) is 0. The summed E-state index contributed by atoms with van der Waals surface area (Å²) in [4.78, 5) is 21.7. The van der Waals surface area contributed by atoms with Crippen molar-refractivity contribution in [1.29, 1.82) is 5.41 Å². The molecule has 1 unspecified atom stereocenters. The lowest BCUT2D eigenvalue weighted by Crippen LogP contribution is -2.44. The number of para-hydroxylation sites is 1. The number of hydrogen-bond acceptors (Lipinski definition) is 4. The highest BCUT2D eigenvalue weighted by Gasteiger charge is 2.41. The van der Waals surface area contributed by atoms with Gasteiger partial charge in [0.2, 0.25) is 0 Å². The first-order chi connectivity index (χ1) is 16.1. The molecule has 5 N–H and O–H groups in total. The lowest BCUT2D eigenvalue weighted by atomic mass is 10.1. The Morgan fingerprint density at radius 1 is 1.09 bits per heavy atom. The van der Waals surface area contributed by atoms with Crippen LogP contribution in [-0.4, -0.2) is 27.8 Å². The number of anilines is 1. The highest BCUT2D eigenvalue weighted by molar-refractivity contribution is 5.94. The molecule has 1 atom stereocenters. The van der Waals surface area contributed by atoms with Crippen LogP contribution in [0.5, 0.6) is 0 Å². The zero-order valence-electron chi connectivity index (χ0n) is 18.3. The molecule has 7 nitrogen and oxygen atoms in total. The van der Waals surface area contributed by atoms with E-state index in [1.165, 1.54) is 0 Å². The minimum Gasteiger partial charge on any atom is -0.388 e. The third-order valence-electron chi connectivity index (χ3n) is 6.13. The van der Waals surface area contributed by atoms with E-state index in [-0.39, 0.29) is 17.8 Å². The molecule has 1 aliphatic heterocycles. The van der Waals surface area contributed by atoms with Gasteiger partial charge in [-0.3, -0.25) is 10.7 Å². The maximum atomic E-state index is 13.4. The van der Waals surface area contributed by atoms with E-state index < -0.39 is 0 Å². The number of unbranched alkanes of at least 4 members (excludes halogenated alkanes) is 1. The number of aryl methyl sites for hydroxylation is 1. The summed E-state index contributed by atoms with van der Waals surface area (Å²) < 4.78 is 1.73. The molecule has 4 aromatic rings. The summed E-state index contributed by atoms with van der Waals surface area (Å²) in [6.07, 6.45) is 7.36. The Bertz CT molecular complexity index is 1330. The second-order valence-corrected chi connectivity index (χ2v) is 8.50. The maximum Gasteiger partial charge on any atom is 0.359 e. The average Bonchev–Trinajstić information content (AvgIpc) is 3.39. The molecular weight excluding hydrogens is 412 g/mol. The largest absolute Gasteiger partial charge is 0.388 e. The van der Waals surface area contributed by atoms with Crippen molar-refractivity contribution in [3.05, 3.63) is 78.2 Å². The van der Waals surface area contributed by atoms with Gasteiger partial charge in [-0.2, -0.15) is 4.57 Å². The number of fused-ring (bicyclic) bond motifs is 2. The highest BCUT2D eigenvalue weighted by Crippen LogP contribution is 2.29. The molecule has 166 valence electrons. The molecule has 2 aromatic carbocycles. The van der Waals surface area contributed by atoms with Crippen LogP contribution in [0.1, 0.15) is 35.3 Å². The number of hydrogen-bond donors (Lipinski definition) is 4. The number of nitrogens with zero attached hydrogens (tertiary/aromatic N) is 2. The van der Waals surface area contributed by atoms with Crippen molar-refractivity contribution in [3.8, 4) is 11.3 Å². The Kier molecular flexibility index (Phi) is 5.60. The number of amidine groups is 1. The smallest absolute Gasteiger partial charge is 0.359 e. The Labute approximate surface area is 192 Å². The zero-order valence-corrected chi connectivity index (χ0v) is 18.3. The van der Waals surface area contributed by atoms with Crippen molar-refractivity contribution in [2.45, 2.75) is 38.1 Å². The molecule has 0 saturated carbocycles. The van der Waals surface area contributed by atoms with E-state index in [1.54, 1.807) is 4.57 Å². The number of rotatable bonds is 8. The first-order valence-corrected chi connectivity index (χ1v) is 11.3. The van der Waals surface area contributed by atoms with Crippen molar-refractivity contribution in [3.63, 3.8) is 0 Å². The molecule has 3 heterocycles. The molecule has 0 radical (unpaired) electrons. The molecular formula is C26H27N6O+. The van der Waals surface area contributed by atoms with Crippen LogP contribution in [0.3, 0.4) is 0 Å². The van der Waals surface area contributed by atoms with Gasteiger partial charge in [0.25, 0.3) is 0 Å². The molecule has 2 aromatic heterocycles. The van der Waals surface area contributed by atoms with Gasteiger partial charge in [0.05, 0.1) is 5.84 Å². The van der Waals surface area contributed by atoms with Crippen LogP contribution < -0.4 is 15.6 Å². The zero-order chi connectivity index (χ0) is 22.8. The minimum absolute atomic E-state index is 0.0299. The quantitative estimate of drug-likeness (QED) is 0.145. The fourth-order valence-electron chi connectivity index (χ4n) is 4.46. The number of aromatic amines is 1. The van der Waals surface area contributed by atoms with E-state index in [0.29, 0.717) is 19.3 Å². The topological polar surface area (TPSA) is 112 Å². The lowest BCUT2D eigenvalue weighted by Gasteiger charge is -2.06. The van der Waals surface area contributed by atoms with Crippen LogP contribution in [0.15, 0.2) is 67.0 Å². The second-order valence-electron chi connectivity index (χ2n) is 8.50. The predicted octanol–water partition coefficient (Wildman–Crippen LogP) is 3.84. The Morgan fingerprint density at radius 3 is 2.70 bits per heavy atom. The van der Waals surface area contributed by atoms with Crippen molar-refractivity contribution < 1.29 is 9.36 Å². The van der Waals surface area contributed by atoms with E-state index in [9.17, 15) is 4.79 Å². The molecule has 0 spiro atoms. The number of carbonyl (C=O) groups excluding carboxylic acids is 1. The summed E-state index contributed by atoms with van der Waals surface area (Å²) in [5, 5.41) is 12.0. The third-order valence-corrected chi connectivity index (χ3v) is 6.13. The third kappa shape index (κ3) is 4.22. The molecule has 33 heavy (non-hydrogen) atoms. The van der Waals surface area contributed by atoms with Gasteiger partial charge in [-0.05, 0) is 30.9 Å². The van der Waals surface area contributed by atoms with E-state index in [1.807, 2.05) is 60.9 Å². The first-order valence-electron chi connectivity index (χ1n) is 11.3. The fraction of sp³-hybridized carbons (Fsp3) is 0.231. The van der Waals surface area contributed by atoms with E-state index in [4.69, 9.17) is 16.1 Å². The molecule has 5 rings (SSSR count). The van der Waals surface area contributed by atoms with Gasteiger partial charge in [0.1, 0.15) is 17.6 Å². The van der Waals surface area contributed by atoms with Crippen LogP contribution >= 0.6 is 0 Å². The van der Waals surface area contributed by atoms with Gasteiger partial charge in [0.15, 0.2) is 6.04 Å². The molecule has 7 heteroatoms. The molecule has 0 bridgehead atoms. The lowest BCUT2D eigenvalue weighted by molar-refractivity contribution is -0.552. The van der Waals surface area contributed by atoms with Crippen LogP contribution in [0.25, 0.3) is 22.2 Å². The number of H-pyrrole nitrogens is 1. The van der Waals surface area contributed by atoms with Gasteiger partial charge < -0.3 is 10.7 Å². The summed E-state index contributed by atoms with van der Waals surface area (Å²) in [6, 6.07) is 17.8. The van der Waals surface area contributed by atoms with Crippen LogP contribution in [0.2, 0.25) is 0 Å². The average molecular weight is 440 g/mol. The maximum absolute atomic E-state index is 13.4. The normalized spacial score (nSPS) is 14.9. The summed E-state index contributed by atoms with van der Waals surface area (Å²) >= 11 is 0. The van der Waals surface area contributed by atoms with Gasteiger partial charge in [-0.1, -0.05) is 48.5 Å². The van der Waals surface area contributed by atoms with E-state index >= 15 is 0 Å². The number of carbonyl (C=O) groups is 1. The van der Waals surface area contributed by atoms with E-state index in [2.05, 4.69) is 16.4 Å². The molecule has 0 fully saturated rings. The van der Waals surface area contributed by atoms with Crippen molar-refractivity contribution in [2.75, 3.05) is 5.32 Å². The number of nitrogens with one attached hydrogen (secondary N) is 3. The fourth-order valence-corrected chi connectivity index (χ4v) is 4.46. The molecule has 0 amide bonds. The van der Waals surface area contributed by atoms with E-state index in [0.717, 1.165) is 52.1 Å². The van der Waals surface area contributed by atoms with Gasteiger partial charge in [0, 0.05) is 35.5 Å². The van der Waals surface area contributed by atoms with Crippen molar-refractivity contribution >= 4 is 28.5 Å². The van der Waals surface area contributed by atoms with Crippen LogP contribution in [-0.2, 0) is 12.8 Å². The Morgan fingerprint density at radius 2 is 1.88 bits per heavy atom. The van der Waals surface area contributed by atoms with Gasteiger partial charge in [-0.25, -0.2) is 9.78 Å². The van der Waals surface area contributed by atoms with Crippen molar-refractivity contribution in [2.24, 2.45) is 5.73 Å². The summed E-state index contributed by atoms with van der Waals surface area (Å²) in [5.41, 5.74) is 10.3. The molecule has 0 aliphatic carbocycles. The first kappa shape index (κ1) is 20.9. The summed E-state index contributed by atoms with van der Waals surface area (Å²) in [6.45, 7) is 0. The highest BCUT2D eigenvalue weighted by atomic mass is 16.2. The van der Waals surface area contributed by atoms with Crippen molar-refractivity contribution in [1.82, 2.24) is 9.97 Å². The number of nitrogens with two attached hydrogens (primary N) is 1. The SMILES string of the molecule is N=C(N)CCCCc1nc(-c2c[nH]c3ccccc23)c[n+]2c1NC(Cc1ccccc1)C2=O. The number of aromatic nitrogens is 3.